The summed E-state index contributed by atoms with van der Waals surface area (Å²) in [5.74, 6) is -0.364. The monoisotopic (exact) mass is 254 g/mol. The van der Waals surface area contributed by atoms with Gasteiger partial charge in [-0.1, -0.05) is 48.5 Å². The summed E-state index contributed by atoms with van der Waals surface area (Å²) in [7, 11) is 0. The number of carboxylic acids is 1. The molecule has 2 aromatic carbocycles. The summed E-state index contributed by atoms with van der Waals surface area (Å²) in [5.41, 5.74) is 1.70. The van der Waals surface area contributed by atoms with Crippen LogP contribution in [0.5, 0.6) is 5.75 Å². The van der Waals surface area contributed by atoms with E-state index in [0.717, 1.165) is 5.56 Å². The lowest BCUT2D eigenvalue weighted by atomic mass is 10.1. The van der Waals surface area contributed by atoms with Crippen LogP contribution >= 0.6 is 0 Å². The largest absolute Gasteiger partial charge is 0.478 e. The van der Waals surface area contributed by atoms with Crippen LogP contribution in [0, 0.1) is 6.92 Å². The number of para-hydroxylation sites is 1. The zero-order valence-electron chi connectivity index (χ0n) is 10.5. The number of ether oxygens (including phenoxy) is 1. The van der Waals surface area contributed by atoms with Gasteiger partial charge in [0.2, 0.25) is 0 Å². The van der Waals surface area contributed by atoms with Gasteiger partial charge in [-0.05, 0) is 24.1 Å². The maximum atomic E-state index is 11.3. The molecule has 3 nitrogen and oxygen atoms in total. The second kappa shape index (κ2) is 5.87. The van der Waals surface area contributed by atoms with E-state index < -0.39 is 5.97 Å². The SMILES string of the molecule is Cc1ccccc1OC=C(C(=O)O)c1ccccc1. The molecule has 0 atom stereocenters. The fourth-order valence-electron chi connectivity index (χ4n) is 1.67. The Hall–Kier alpha value is -2.55. The van der Waals surface area contributed by atoms with Crippen LogP contribution in [-0.2, 0) is 4.79 Å². The third kappa shape index (κ3) is 3.22. The lowest BCUT2D eigenvalue weighted by Crippen LogP contribution is -2.01. The molecule has 0 aromatic heterocycles. The van der Waals surface area contributed by atoms with Crippen LogP contribution in [-0.4, -0.2) is 11.1 Å². The van der Waals surface area contributed by atoms with Crippen molar-refractivity contribution in [3.05, 3.63) is 72.0 Å². The Morgan fingerprint density at radius 1 is 1.05 bits per heavy atom. The third-order valence-electron chi connectivity index (χ3n) is 2.71. The lowest BCUT2D eigenvalue weighted by Gasteiger charge is -2.06. The van der Waals surface area contributed by atoms with Gasteiger partial charge in [-0.2, -0.15) is 0 Å². The Labute approximate surface area is 111 Å². The summed E-state index contributed by atoms with van der Waals surface area (Å²) >= 11 is 0. The smallest absolute Gasteiger partial charge is 0.339 e. The van der Waals surface area contributed by atoms with Crippen molar-refractivity contribution in [2.45, 2.75) is 6.92 Å². The molecule has 19 heavy (non-hydrogen) atoms. The average molecular weight is 254 g/mol. The summed E-state index contributed by atoms with van der Waals surface area (Å²) in [5, 5.41) is 9.23. The van der Waals surface area contributed by atoms with Crippen LogP contribution in [0.3, 0.4) is 0 Å². The maximum absolute atomic E-state index is 11.3. The maximum Gasteiger partial charge on any atom is 0.339 e. The fourth-order valence-corrected chi connectivity index (χ4v) is 1.67. The number of hydrogen-bond acceptors (Lipinski definition) is 2. The summed E-state index contributed by atoms with van der Waals surface area (Å²) in [4.78, 5) is 11.3. The first-order valence-electron chi connectivity index (χ1n) is 5.89. The third-order valence-corrected chi connectivity index (χ3v) is 2.71. The molecule has 2 aromatic rings. The van der Waals surface area contributed by atoms with E-state index in [2.05, 4.69) is 0 Å². The van der Waals surface area contributed by atoms with Crippen LogP contribution in [0.25, 0.3) is 5.57 Å². The van der Waals surface area contributed by atoms with Crippen LogP contribution in [0.1, 0.15) is 11.1 Å². The van der Waals surface area contributed by atoms with Crippen molar-refractivity contribution in [2.75, 3.05) is 0 Å². The molecule has 1 N–H and O–H groups in total. The van der Waals surface area contributed by atoms with E-state index in [1.807, 2.05) is 31.2 Å². The molecule has 0 bridgehead atoms. The normalized spacial score (nSPS) is 11.1. The molecular weight excluding hydrogens is 240 g/mol. The molecule has 0 aliphatic carbocycles. The van der Waals surface area contributed by atoms with Gasteiger partial charge in [0.15, 0.2) is 0 Å². The molecule has 2 rings (SSSR count). The van der Waals surface area contributed by atoms with E-state index in [0.29, 0.717) is 11.3 Å². The van der Waals surface area contributed by atoms with Gasteiger partial charge >= 0.3 is 5.97 Å². The molecule has 0 unspecified atom stereocenters. The van der Waals surface area contributed by atoms with E-state index >= 15 is 0 Å². The molecule has 0 radical (unpaired) electrons. The highest BCUT2D eigenvalue weighted by atomic mass is 16.5. The molecule has 0 saturated heterocycles. The van der Waals surface area contributed by atoms with Gasteiger partial charge in [-0.3, -0.25) is 0 Å². The van der Waals surface area contributed by atoms with Crippen molar-refractivity contribution in [3.8, 4) is 5.75 Å². The van der Waals surface area contributed by atoms with E-state index in [-0.39, 0.29) is 5.57 Å². The van der Waals surface area contributed by atoms with Gasteiger partial charge in [0.25, 0.3) is 0 Å². The summed E-state index contributed by atoms with van der Waals surface area (Å²) in [6.07, 6.45) is 1.28. The summed E-state index contributed by atoms with van der Waals surface area (Å²) in [6.45, 7) is 1.91. The molecule has 0 amide bonds. The number of carbonyl (C=O) groups is 1. The Kier molecular flexibility index (Phi) is 3.98. The molecule has 0 saturated carbocycles. The molecular formula is C16H14O3. The van der Waals surface area contributed by atoms with Crippen molar-refractivity contribution in [1.82, 2.24) is 0 Å². The standard InChI is InChI=1S/C16H14O3/c1-12-7-5-6-10-15(12)19-11-14(16(17)18)13-8-3-2-4-9-13/h2-11H,1H3,(H,17,18). The number of rotatable bonds is 4. The highest BCUT2D eigenvalue weighted by Crippen LogP contribution is 2.20. The van der Waals surface area contributed by atoms with E-state index in [1.54, 1.807) is 30.3 Å². The van der Waals surface area contributed by atoms with Gasteiger partial charge < -0.3 is 9.84 Å². The molecule has 3 heteroatoms. The number of aryl methyl sites for hydroxylation is 1. The molecule has 96 valence electrons. The Bertz CT molecular complexity index is 600. The second-order valence-corrected chi connectivity index (χ2v) is 4.09. The summed E-state index contributed by atoms with van der Waals surface area (Å²) in [6, 6.07) is 16.4. The number of carboxylic acid groups (broad SMARTS) is 1. The van der Waals surface area contributed by atoms with Gasteiger partial charge in [0.1, 0.15) is 17.6 Å². The van der Waals surface area contributed by atoms with E-state index in [9.17, 15) is 9.90 Å². The average Bonchev–Trinajstić information content (AvgIpc) is 2.42. The van der Waals surface area contributed by atoms with Crippen molar-refractivity contribution >= 4 is 11.5 Å². The zero-order valence-corrected chi connectivity index (χ0v) is 10.5. The molecule has 0 aliphatic heterocycles. The summed E-state index contributed by atoms with van der Waals surface area (Å²) < 4.78 is 5.47. The lowest BCUT2D eigenvalue weighted by molar-refractivity contribution is -0.130. The van der Waals surface area contributed by atoms with Crippen LogP contribution in [0.4, 0.5) is 0 Å². The minimum atomic E-state index is -1.01. The minimum Gasteiger partial charge on any atom is -0.478 e. The first-order chi connectivity index (χ1) is 9.18. The Morgan fingerprint density at radius 3 is 2.32 bits per heavy atom. The quantitative estimate of drug-likeness (QED) is 0.671. The zero-order chi connectivity index (χ0) is 13.7. The van der Waals surface area contributed by atoms with Gasteiger partial charge in [0.05, 0.1) is 0 Å². The Morgan fingerprint density at radius 2 is 1.68 bits per heavy atom. The first kappa shape index (κ1) is 12.9. The van der Waals surface area contributed by atoms with Crippen molar-refractivity contribution in [3.63, 3.8) is 0 Å². The van der Waals surface area contributed by atoms with Gasteiger partial charge in [0, 0.05) is 0 Å². The van der Waals surface area contributed by atoms with E-state index in [1.165, 1.54) is 6.26 Å². The number of benzene rings is 2. The molecule has 0 heterocycles. The van der Waals surface area contributed by atoms with Gasteiger partial charge in [-0.25, -0.2) is 4.79 Å². The topological polar surface area (TPSA) is 46.5 Å². The Balaban J connectivity index is 2.29. The number of hydrogen-bond donors (Lipinski definition) is 1. The van der Waals surface area contributed by atoms with E-state index in [4.69, 9.17) is 4.74 Å². The van der Waals surface area contributed by atoms with Crippen LogP contribution in [0.2, 0.25) is 0 Å². The molecule has 0 aliphatic rings. The molecule has 0 spiro atoms. The predicted octanol–water partition coefficient (Wildman–Crippen LogP) is 3.50. The minimum absolute atomic E-state index is 0.129. The van der Waals surface area contributed by atoms with Crippen LogP contribution in [0.15, 0.2) is 60.9 Å². The molecule has 0 fully saturated rings. The number of aliphatic carboxylic acids is 1. The highest BCUT2D eigenvalue weighted by molar-refractivity contribution is 6.15. The van der Waals surface area contributed by atoms with Crippen LogP contribution < -0.4 is 4.74 Å². The van der Waals surface area contributed by atoms with Crippen molar-refractivity contribution < 1.29 is 14.6 Å². The van der Waals surface area contributed by atoms with Crippen molar-refractivity contribution in [1.29, 1.82) is 0 Å². The van der Waals surface area contributed by atoms with Crippen molar-refractivity contribution in [2.24, 2.45) is 0 Å². The predicted molar refractivity (Wildman–Crippen MR) is 73.9 cm³/mol. The van der Waals surface area contributed by atoms with Gasteiger partial charge in [-0.15, -0.1) is 0 Å². The fraction of sp³-hybridized carbons (Fsp3) is 0.0625. The highest BCUT2D eigenvalue weighted by Gasteiger charge is 2.10. The first-order valence-corrected chi connectivity index (χ1v) is 5.89. The second-order valence-electron chi connectivity index (χ2n) is 4.09.